The summed E-state index contributed by atoms with van der Waals surface area (Å²) in [6, 6.07) is 21.7. The molecule has 0 spiro atoms. The van der Waals surface area contributed by atoms with Crippen molar-refractivity contribution in [1.82, 2.24) is 76.8 Å². The van der Waals surface area contributed by atoms with E-state index >= 15 is 0 Å². The van der Waals surface area contributed by atoms with Crippen LogP contribution in [0, 0.1) is 0 Å². The Morgan fingerprint density at radius 1 is 0.518 bits per heavy atom. The maximum absolute atomic E-state index is 13.0. The molecular formula is C56H57N19O7S. The molecule has 424 valence electrons. The van der Waals surface area contributed by atoms with Crippen LogP contribution in [0.15, 0.2) is 171 Å². The van der Waals surface area contributed by atoms with Crippen LogP contribution < -0.4 is 25.4 Å². The smallest absolute Gasteiger partial charge is 0.243 e. The number of aliphatic hydroxyl groups is 2. The standard InChI is InChI=1S/C20H21N7O3S.2C18H18N6O2/c1-25-14-15(12-23-25)18-13-22-20-19(21-5-6-27(18)20)24-16-3-2-4-17(11-16)31(28,29)26-7-9-30-10-8-26;1-23-12-13(10-21-23)16-11-20-18-17(19-6-7-24(16)18)22-14-2-4-15(5-3-14)26-9-8-25;1-23-12-13(10-21-23)16-11-20-18-17(19-5-6-24(16)18)22-14-3-2-4-15(9-14)26-8-7-25/h2-6,11-14H,7-10H2,1H3,(H,21,24);2-7,10-12,25H,8-9H2,1H3,(H,19,22);2-6,9-12,25H,7-8H2,1H3,(H,19,22). The maximum Gasteiger partial charge on any atom is 0.243 e. The number of anilines is 6. The summed E-state index contributed by atoms with van der Waals surface area (Å²) in [5.41, 5.74) is 10.1. The largest absolute Gasteiger partial charge is 0.491 e. The molecule has 83 heavy (non-hydrogen) atoms. The first-order chi connectivity index (χ1) is 40.5. The average Bonchev–Trinajstić information content (AvgIpc) is 4.04. The highest BCUT2D eigenvalue weighted by molar-refractivity contribution is 7.89. The molecule has 0 bridgehead atoms. The van der Waals surface area contributed by atoms with Crippen molar-refractivity contribution in [3.63, 3.8) is 0 Å². The van der Waals surface area contributed by atoms with Crippen LogP contribution in [-0.2, 0) is 35.9 Å². The van der Waals surface area contributed by atoms with Crippen molar-refractivity contribution in [3.05, 3.63) is 166 Å². The zero-order chi connectivity index (χ0) is 57.3. The summed E-state index contributed by atoms with van der Waals surface area (Å²) in [6.45, 7) is 2.02. The maximum atomic E-state index is 13.0. The Morgan fingerprint density at radius 3 is 1.40 bits per heavy atom. The molecule has 1 fully saturated rings. The quantitative estimate of drug-likeness (QED) is 0.0661. The number of aromatic nitrogens is 15. The molecule has 5 N–H and O–H groups in total. The van der Waals surface area contributed by atoms with Crippen LogP contribution in [-0.4, -0.2) is 148 Å². The minimum absolute atomic E-state index is 0.00886. The number of aliphatic hydroxyl groups excluding tert-OH is 2. The number of imidazole rings is 3. The fourth-order valence-electron chi connectivity index (χ4n) is 9.03. The van der Waals surface area contributed by atoms with E-state index in [9.17, 15) is 8.42 Å². The lowest BCUT2D eigenvalue weighted by Gasteiger charge is -2.26. The van der Waals surface area contributed by atoms with Gasteiger partial charge in [0.2, 0.25) is 10.0 Å². The summed E-state index contributed by atoms with van der Waals surface area (Å²) in [4.78, 5) is 27.0. The number of nitrogens with zero attached hydrogens (tertiary/aromatic N) is 16. The van der Waals surface area contributed by atoms with Crippen LogP contribution in [0.1, 0.15) is 0 Å². The normalized spacial score (nSPS) is 12.6. The predicted octanol–water partition coefficient (Wildman–Crippen LogP) is 6.38. The predicted molar refractivity (Wildman–Crippen MR) is 309 cm³/mol. The number of aryl methyl sites for hydroxylation is 3. The van der Waals surface area contributed by atoms with Gasteiger partial charge < -0.3 is 40.4 Å². The van der Waals surface area contributed by atoms with Gasteiger partial charge in [-0.1, -0.05) is 12.1 Å². The topological polar surface area (TPSA) is 286 Å². The zero-order valence-corrected chi connectivity index (χ0v) is 46.1. The minimum atomic E-state index is -3.59. The van der Waals surface area contributed by atoms with Gasteiger partial charge in [-0.15, -0.1) is 0 Å². The van der Waals surface area contributed by atoms with E-state index in [1.165, 1.54) is 4.31 Å². The average molecular weight is 1140 g/mol. The van der Waals surface area contributed by atoms with Crippen molar-refractivity contribution in [2.24, 2.45) is 21.1 Å². The first-order valence-electron chi connectivity index (χ1n) is 26.1. The third-order valence-corrected chi connectivity index (χ3v) is 14.8. The van der Waals surface area contributed by atoms with E-state index in [0.29, 0.717) is 72.2 Å². The molecule has 1 aliphatic heterocycles. The van der Waals surface area contributed by atoms with Crippen LogP contribution in [0.3, 0.4) is 0 Å². The highest BCUT2D eigenvalue weighted by atomic mass is 32.2. The molecule has 12 aromatic rings. The highest BCUT2D eigenvalue weighted by Gasteiger charge is 2.27. The first-order valence-corrected chi connectivity index (χ1v) is 27.5. The van der Waals surface area contributed by atoms with E-state index in [4.69, 9.17) is 24.4 Å². The summed E-state index contributed by atoms with van der Waals surface area (Å²) in [6.07, 6.45) is 27.3. The second kappa shape index (κ2) is 24.8. The van der Waals surface area contributed by atoms with Crippen LogP contribution in [0.5, 0.6) is 11.5 Å². The van der Waals surface area contributed by atoms with Gasteiger partial charge in [-0.3, -0.25) is 27.2 Å². The van der Waals surface area contributed by atoms with Gasteiger partial charge in [0, 0.05) is 130 Å². The van der Waals surface area contributed by atoms with Crippen molar-refractivity contribution >= 4 is 61.5 Å². The molecule has 13 rings (SSSR count). The number of benzene rings is 3. The molecule has 9 aromatic heterocycles. The summed E-state index contributed by atoms with van der Waals surface area (Å²) in [7, 11) is 2.04. The Balaban J connectivity index is 0.000000131. The Kier molecular flexibility index (Phi) is 16.4. The van der Waals surface area contributed by atoms with Crippen molar-refractivity contribution in [2.45, 2.75) is 4.90 Å². The number of morpholine rings is 1. The van der Waals surface area contributed by atoms with Crippen molar-refractivity contribution in [2.75, 3.05) is 68.7 Å². The molecule has 1 aliphatic rings. The van der Waals surface area contributed by atoms with Gasteiger partial charge in [0.1, 0.15) is 24.7 Å². The number of rotatable bonds is 17. The van der Waals surface area contributed by atoms with Crippen LogP contribution in [0.2, 0.25) is 0 Å². The van der Waals surface area contributed by atoms with Gasteiger partial charge in [-0.25, -0.2) is 38.3 Å². The summed E-state index contributed by atoms with van der Waals surface area (Å²) >= 11 is 0. The molecule has 0 amide bonds. The van der Waals surface area contributed by atoms with E-state index in [2.05, 4.69) is 61.2 Å². The number of ether oxygens (including phenoxy) is 3. The van der Waals surface area contributed by atoms with Crippen molar-refractivity contribution < 1.29 is 32.8 Å². The molecule has 26 nitrogen and oxygen atoms in total. The molecule has 0 radical (unpaired) electrons. The lowest BCUT2D eigenvalue weighted by Crippen LogP contribution is -2.40. The van der Waals surface area contributed by atoms with Crippen LogP contribution >= 0.6 is 0 Å². The van der Waals surface area contributed by atoms with Crippen LogP contribution in [0.4, 0.5) is 34.5 Å². The SMILES string of the molecule is Cn1cc(-c2cnc3c(Nc4ccc(OCCO)cc4)nccn23)cn1.Cn1cc(-c2cnc3c(Nc4cccc(OCCO)c4)nccn23)cn1.Cn1cc(-c2cnc3c(Nc4cccc(S(=O)(=O)N5CCOCC5)c4)nccn23)cn1. The monoisotopic (exact) mass is 1140 g/mol. The van der Waals surface area contributed by atoms with Gasteiger partial charge in [0.05, 0.1) is 85.6 Å². The number of nitrogens with one attached hydrogen (secondary N) is 3. The molecule has 0 saturated carbocycles. The van der Waals surface area contributed by atoms with E-state index in [0.717, 1.165) is 50.8 Å². The Bertz CT molecular complexity index is 4260. The molecule has 3 aromatic carbocycles. The van der Waals surface area contributed by atoms with Gasteiger partial charge in [-0.05, 0) is 54.6 Å². The molecule has 27 heteroatoms. The summed E-state index contributed by atoms with van der Waals surface area (Å²) in [5, 5.41) is 40.1. The van der Waals surface area contributed by atoms with Crippen LogP contribution in [0.25, 0.3) is 50.7 Å². The Morgan fingerprint density at radius 2 is 0.952 bits per heavy atom. The molecule has 1 saturated heterocycles. The molecule has 10 heterocycles. The number of hydrogen-bond donors (Lipinski definition) is 5. The molecule has 0 atom stereocenters. The Hall–Kier alpha value is -10.1. The van der Waals surface area contributed by atoms with E-state index < -0.39 is 10.0 Å². The lowest BCUT2D eigenvalue weighted by molar-refractivity contribution is 0.0730. The first kappa shape index (κ1) is 54.9. The summed E-state index contributed by atoms with van der Waals surface area (Å²) in [5.74, 6) is 3.21. The van der Waals surface area contributed by atoms with Crippen molar-refractivity contribution in [3.8, 4) is 45.3 Å². The minimum Gasteiger partial charge on any atom is -0.491 e. The third kappa shape index (κ3) is 12.5. The Labute approximate surface area is 475 Å². The number of fused-ring (bicyclic) bond motifs is 3. The summed E-state index contributed by atoms with van der Waals surface area (Å²) < 4.78 is 54.6. The molecular weight excluding hydrogens is 1080 g/mol. The number of sulfonamides is 1. The van der Waals surface area contributed by atoms with Gasteiger partial charge in [0.15, 0.2) is 34.4 Å². The van der Waals surface area contributed by atoms with E-state index in [1.54, 1.807) is 81.7 Å². The second-order valence-electron chi connectivity index (χ2n) is 18.7. The van der Waals surface area contributed by atoms with Gasteiger partial charge >= 0.3 is 0 Å². The molecule has 0 aliphatic carbocycles. The lowest BCUT2D eigenvalue weighted by atomic mass is 10.3. The fraction of sp³-hybridized carbons (Fsp3) is 0.196. The number of hydrogen-bond acceptors (Lipinski definition) is 19. The van der Waals surface area contributed by atoms with E-state index in [-0.39, 0.29) is 31.3 Å². The zero-order valence-electron chi connectivity index (χ0n) is 45.2. The van der Waals surface area contributed by atoms with E-state index in [1.807, 2.05) is 132 Å². The second-order valence-corrected chi connectivity index (χ2v) is 20.6. The highest BCUT2D eigenvalue weighted by Crippen LogP contribution is 2.30. The van der Waals surface area contributed by atoms with Gasteiger partial charge in [-0.2, -0.15) is 19.6 Å². The van der Waals surface area contributed by atoms with Gasteiger partial charge in [0.25, 0.3) is 0 Å². The fourth-order valence-corrected chi connectivity index (χ4v) is 10.5. The van der Waals surface area contributed by atoms with Crippen molar-refractivity contribution in [1.29, 1.82) is 0 Å². The third-order valence-electron chi connectivity index (χ3n) is 12.9. The molecule has 0 unspecified atom stereocenters.